The van der Waals surface area contributed by atoms with E-state index in [0.29, 0.717) is 5.92 Å². The molecule has 92 valence electrons. The highest BCUT2D eigenvalue weighted by Gasteiger charge is 2.19. The number of methoxy groups -OCH3 is 1. The van der Waals surface area contributed by atoms with E-state index in [1.807, 2.05) is 25.1 Å². The first-order valence-corrected chi connectivity index (χ1v) is 6.19. The molecule has 0 aromatic heterocycles. The molecule has 0 heterocycles. The molecule has 0 spiro atoms. The Balaban J connectivity index is 2.26. The molecule has 3 heteroatoms. The monoisotopic (exact) mass is 232 g/mol. The summed E-state index contributed by atoms with van der Waals surface area (Å²) in [6.45, 7) is 2.05. The second-order valence-electron chi connectivity index (χ2n) is 4.69. The molecule has 0 atom stereocenters. The summed E-state index contributed by atoms with van der Waals surface area (Å²) in [5.41, 5.74) is 8.09. The van der Waals surface area contributed by atoms with Crippen LogP contribution in [0.1, 0.15) is 31.2 Å². The van der Waals surface area contributed by atoms with Gasteiger partial charge in [0.05, 0.1) is 7.11 Å². The van der Waals surface area contributed by atoms with E-state index in [1.54, 1.807) is 7.11 Å². The summed E-state index contributed by atoms with van der Waals surface area (Å²) < 4.78 is 5.30. The second-order valence-corrected chi connectivity index (χ2v) is 4.69. The van der Waals surface area contributed by atoms with Crippen LogP contribution >= 0.6 is 0 Å². The molecule has 0 unspecified atom stereocenters. The number of hydrogen-bond donors (Lipinski definition) is 1. The zero-order valence-corrected chi connectivity index (χ0v) is 10.6. The third kappa shape index (κ3) is 2.78. The fourth-order valence-corrected chi connectivity index (χ4v) is 2.34. The first kappa shape index (κ1) is 12.0. The highest BCUT2D eigenvalue weighted by molar-refractivity contribution is 5.86. The predicted octanol–water partition coefficient (Wildman–Crippen LogP) is 3.18. The average Bonchev–Trinajstić information content (AvgIpc) is 2.83. The van der Waals surface area contributed by atoms with Gasteiger partial charge in [0.1, 0.15) is 17.3 Å². The fraction of sp³-hybridized carbons (Fsp3) is 0.500. The first-order valence-electron chi connectivity index (χ1n) is 6.19. The van der Waals surface area contributed by atoms with Crippen LogP contribution in [0.3, 0.4) is 0 Å². The van der Waals surface area contributed by atoms with Crippen LogP contribution in [0, 0.1) is 12.8 Å². The van der Waals surface area contributed by atoms with E-state index >= 15 is 0 Å². The number of amidine groups is 1. The summed E-state index contributed by atoms with van der Waals surface area (Å²) in [5, 5.41) is 0. The molecule has 1 aliphatic carbocycles. The van der Waals surface area contributed by atoms with Gasteiger partial charge >= 0.3 is 0 Å². The molecule has 0 bridgehead atoms. The number of hydrogen-bond acceptors (Lipinski definition) is 2. The Hall–Kier alpha value is -1.51. The van der Waals surface area contributed by atoms with E-state index in [4.69, 9.17) is 10.5 Å². The number of aliphatic imine (C=N–C) groups is 1. The van der Waals surface area contributed by atoms with Gasteiger partial charge in [-0.05, 0) is 37.5 Å². The first-order chi connectivity index (χ1) is 8.20. The molecule has 1 fully saturated rings. The van der Waals surface area contributed by atoms with E-state index < -0.39 is 0 Å². The SMILES string of the molecule is COc1ccc(C)cc1N=C(N)C1CCCC1. The van der Waals surface area contributed by atoms with E-state index in [9.17, 15) is 0 Å². The highest BCUT2D eigenvalue weighted by Crippen LogP contribution is 2.31. The minimum atomic E-state index is 0.459. The Morgan fingerprint density at radius 1 is 1.35 bits per heavy atom. The number of rotatable bonds is 3. The maximum atomic E-state index is 6.08. The maximum Gasteiger partial charge on any atom is 0.144 e. The summed E-state index contributed by atoms with van der Waals surface area (Å²) in [4.78, 5) is 4.54. The van der Waals surface area contributed by atoms with E-state index in [1.165, 1.54) is 31.2 Å². The molecule has 3 nitrogen and oxygen atoms in total. The van der Waals surface area contributed by atoms with Crippen molar-refractivity contribution in [3.8, 4) is 5.75 Å². The van der Waals surface area contributed by atoms with Crippen LogP contribution in [-0.4, -0.2) is 12.9 Å². The molecule has 0 aliphatic heterocycles. The Morgan fingerprint density at radius 3 is 2.71 bits per heavy atom. The van der Waals surface area contributed by atoms with Crippen LogP contribution in [0.5, 0.6) is 5.75 Å². The molecule has 17 heavy (non-hydrogen) atoms. The van der Waals surface area contributed by atoms with Crippen molar-refractivity contribution < 1.29 is 4.74 Å². The van der Waals surface area contributed by atoms with E-state index in [-0.39, 0.29) is 0 Å². The Morgan fingerprint density at radius 2 is 2.06 bits per heavy atom. The molecule has 2 N–H and O–H groups in total. The van der Waals surface area contributed by atoms with Crippen molar-refractivity contribution >= 4 is 11.5 Å². The molecule has 1 aliphatic rings. The molecule has 1 aromatic carbocycles. The molecule has 1 saturated carbocycles. The van der Waals surface area contributed by atoms with Crippen LogP contribution < -0.4 is 10.5 Å². The summed E-state index contributed by atoms with van der Waals surface area (Å²) in [6, 6.07) is 5.97. The van der Waals surface area contributed by atoms with Gasteiger partial charge in [0.15, 0.2) is 0 Å². The van der Waals surface area contributed by atoms with Gasteiger partial charge in [-0.1, -0.05) is 18.9 Å². The van der Waals surface area contributed by atoms with Crippen LogP contribution in [0.2, 0.25) is 0 Å². The lowest BCUT2D eigenvalue weighted by Crippen LogP contribution is -2.20. The van der Waals surface area contributed by atoms with Gasteiger partial charge in [-0.3, -0.25) is 0 Å². The van der Waals surface area contributed by atoms with Crippen molar-refractivity contribution in [1.82, 2.24) is 0 Å². The number of nitrogens with two attached hydrogens (primary N) is 1. The van der Waals surface area contributed by atoms with E-state index in [0.717, 1.165) is 17.3 Å². The third-order valence-corrected chi connectivity index (χ3v) is 3.36. The molecular formula is C14H20N2O. The number of benzene rings is 1. The van der Waals surface area contributed by atoms with Gasteiger partial charge in [-0.25, -0.2) is 4.99 Å². The predicted molar refractivity (Wildman–Crippen MR) is 71.0 cm³/mol. The Kier molecular flexibility index (Phi) is 3.67. The smallest absolute Gasteiger partial charge is 0.144 e. The van der Waals surface area contributed by atoms with E-state index in [2.05, 4.69) is 4.99 Å². The minimum absolute atomic E-state index is 0.459. The van der Waals surface area contributed by atoms with Gasteiger partial charge in [-0.15, -0.1) is 0 Å². The fourth-order valence-electron chi connectivity index (χ4n) is 2.34. The standard InChI is InChI=1S/C14H20N2O/c1-10-7-8-13(17-2)12(9-10)16-14(15)11-5-3-4-6-11/h7-9,11H,3-6H2,1-2H3,(H2,15,16). The lowest BCUT2D eigenvalue weighted by molar-refractivity contribution is 0.416. The molecule has 1 aromatic rings. The zero-order chi connectivity index (χ0) is 12.3. The van der Waals surface area contributed by atoms with Crippen molar-refractivity contribution in [1.29, 1.82) is 0 Å². The van der Waals surface area contributed by atoms with Crippen LogP contribution in [0.25, 0.3) is 0 Å². The van der Waals surface area contributed by atoms with Gasteiger partial charge < -0.3 is 10.5 Å². The molecule has 0 radical (unpaired) electrons. The third-order valence-electron chi connectivity index (χ3n) is 3.36. The van der Waals surface area contributed by atoms with Crippen LogP contribution in [-0.2, 0) is 0 Å². The van der Waals surface area contributed by atoms with Crippen LogP contribution in [0.4, 0.5) is 5.69 Å². The lowest BCUT2D eigenvalue weighted by atomic mass is 10.1. The van der Waals surface area contributed by atoms with Crippen molar-refractivity contribution in [3.05, 3.63) is 23.8 Å². The Bertz CT molecular complexity index is 420. The van der Waals surface area contributed by atoms with Crippen molar-refractivity contribution in [2.45, 2.75) is 32.6 Å². The number of aryl methyl sites for hydroxylation is 1. The topological polar surface area (TPSA) is 47.6 Å². The number of ether oxygens (including phenoxy) is 1. The Labute approximate surface area is 103 Å². The molecular weight excluding hydrogens is 212 g/mol. The van der Waals surface area contributed by atoms with Crippen molar-refractivity contribution in [2.24, 2.45) is 16.6 Å². The zero-order valence-electron chi connectivity index (χ0n) is 10.6. The molecule has 0 amide bonds. The van der Waals surface area contributed by atoms with Crippen LogP contribution in [0.15, 0.2) is 23.2 Å². The normalized spacial score (nSPS) is 17.4. The number of nitrogens with zero attached hydrogens (tertiary/aromatic N) is 1. The quantitative estimate of drug-likeness (QED) is 0.642. The summed E-state index contributed by atoms with van der Waals surface area (Å²) >= 11 is 0. The summed E-state index contributed by atoms with van der Waals surface area (Å²) in [5.74, 6) is 2.00. The average molecular weight is 232 g/mol. The minimum Gasteiger partial charge on any atom is -0.494 e. The summed E-state index contributed by atoms with van der Waals surface area (Å²) in [6.07, 6.45) is 4.88. The van der Waals surface area contributed by atoms with Crippen molar-refractivity contribution in [3.63, 3.8) is 0 Å². The molecule has 2 rings (SSSR count). The van der Waals surface area contributed by atoms with Gasteiger partial charge in [0.25, 0.3) is 0 Å². The summed E-state index contributed by atoms with van der Waals surface area (Å²) in [7, 11) is 1.66. The lowest BCUT2D eigenvalue weighted by Gasteiger charge is -2.10. The second kappa shape index (κ2) is 5.21. The van der Waals surface area contributed by atoms with Crippen molar-refractivity contribution in [2.75, 3.05) is 7.11 Å². The highest BCUT2D eigenvalue weighted by atomic mass is 16.5. The van der Waals surface area contributed by atoms with Gasteiger partial charge in [0.2, 0.25) is 0 Å². The van der Waals surface area contributed by atoms with Gasteiger partial charge in [0, 0.05) is 5.92 Å². The van der Waals surface area contributed by atoms with Gasteiger partial charge in [-0.2, -0.15) is 0 Å². The largest absolute Gasteiger partial charge is 0.494 e. The maximum absolute atomic E-state index is 6.08. The molecule has 0 saturated heterocycles.